The first-order valence-electron chi connectivity index (χ1n) is 4.91. The number of nitrogen functional groups attached to an aromatic ring is 1. The molecule has 1 heterocycles. The average Bonchev–Trinajstić information content (AvgIpc) is 2.33. The lowest BCUT2D eigenvalue weighted by Crippen LogP contribution is -1.96. The monoisotopic (exact) mass is 215 g/mol. The molecule has 1 aromatic heterocycles. The van der Waals surface area contributed by atoms with Crippen molar-refractivity contribution in [3.63, 3.8) is 0 Å². The number of nitrogens with two attached hydrogens (primary N) is 1. The molecule has 2 rings (SSSR count). The maximum atomic E-state index is 5.56. The molecule has 2 aromatic rings. The Hall–Kier alpha value is -2.23. The predicted octanol–water partition coefficient (Wildman–Crippen LogP) is 2.42. The van der Waals surface area contributed by atoms with Crippen LogP contribution in [0.1, 0.15) is 0 Å². The highest BCUT2D eigenvalue weighted by atomic mass is 16.5. The third-order valence-electron chi connectivity index (χ3n) is 2.16. The van der Waals surface area contributed by atoms with Crippen LogP contribution >= 0.6 is 0 Å². The molecule has 0 aliphatic carbocycles. The first-order valence-corrected chi connectivity index (χ1v) is 4.91. The van der Waals surface area contributed by atoms with Crippen LogP contribution in [0.5, 0.6) is 5.75 Å². The Balaban J connectivity index is 2.23. The summed E-state index contributed by atoms with van der Waals surface area (Å²) >= 11 is 0. The number of methoxy groups -OCH3 is 1. The zero-order valence-electron chi connectivity index (χ0n) is 8.97. The van der Waals surface area contributed by atoms with Crippen LogP contribution in [0, 0.1) is 0 Å². The molecule has 0 bridgehead atoms. The van der Waals surface area contributed by atoms with Crippen molar-refractivity contribution in [2.24, 2.45) is 0 Å². The largest absolute Gasteiger partial charge is 0.495 e. The third kappa shape index (κ3) is 2.23. The number of hydrogen-bond acceptors (Lipinski definition) is 4. The summed E-state index contributed by atoms with van der Waals surface area (Å²) in [7, 11) is 1.64. The highest BCUT2D eigenvalue weighted by Crippen LogP contribution is 2.26. The SMILES string of the molecule is COc1ccccc1Nc1ccc(N)cn1. The van der Waals surface area contributed by atoms with Crippen LogP contribution in [0.2, 0.25) is 0 Å². The van der Waals surface area contributed by atoms with Gasteiger partial charge in [-0.25, -0.2) is 4.98 Å². The van der Waals surface area contributed by atoms with Crippen LogP contribution in [0.4, 0.5) is 17.2 Å². The van der Waals surface area contributed by atoms with Crippen LogP contribution in [-0.4, -0.2) is 12.1 Å². The third-order valence-corrected chi connectivity index (χ3v) is 2.16. The van der Waals surface area contributed by atoms with Gasteiger partial charge in [-0.05, 0) is 24.3 Å². The molecular formula is C12H13N3O. The minimum absolute atomic E-state index is 0.644. The molecule has 4 heteroatoms. The van der Waals surface area contributed by atoms with Crippen molar-refractivity contribution in [2.45, 2.75) is 0 Å². The van der Waals surface area contributed by atoms with Crippen molar-refractivity contribution in [3.8, 4) is 5.75 Å². The first-order chi connectivity index (χ1) is 7.79. The zero-order chi connectivity index (χ0) is 11.4. The molecule has 0 amide bonds. The molecule has 0 radical (unpaired) electrons. The van der Waals surface area contributed by atoms with Gasteiger partial charge < -0.3 is 15.8 Å². The highest BCUT2D eigenvalue weighted by molar-refractivity contribution is 5.64. The van der Waals surface area contributed by atoms with Crippen LogP contribution in [0.15, 0.2) is 42.6 Å². The van der Waals surface area contributed by atoms with Crippen molar-refractivity contribution < 1.29 is 4.74 Å². The van der Waals surface area contributed by atoms with E-state index in [2.05, 4.69) is 10.3 Å². The van der Waals surface area contributed by atoms with E-state index in [1.54, 1.807) is 19.4 Å². The summed E-state index contributed by atoms with van der Waals surface area (Å²) < 4.78 is 5.23. The van der Waals surface area contributed by atoms with Gasteiger partial charge >= 0.3 is 0 Å². The quantitative estimate of drug-likeness (QED) is 0.825. The summed E-state index contributed by atoms with van der Waals surface area (Å²) in [5.74, 6) is 1.51. The molecule has 0 unspecified atom stereocenters. The number of aromatic nitrogens is 1. The van der Waals surface area contributed by atoms with Gasteiger partial charge in [0.25, 0.3) is 0 Å². The fraction of sp³-hybridized carbons (Fsp3) is 0.0833. The number of nitrogens with one attached hydrogen (secondary N) is 1. The molecule has 3 N–H and O–H groups in total. The maximum absolute atomic E-state index is 5.56. The minimum atomic E-state index is 0.644. The standard InChI is InChI=1S/C12H13N3O/c1-16-11-5-3-2-4-10(11)15-12-7-6-9(13)8-14-12/h2-8H,13H2,1H3,(H,14,15). The zero-order valence-corrected chi connectivity index (χ0v) is 8.97. The van der Waals surface area contributed by atoms with Crippen molar-refractivity contribution >= 4 is 17.2 Å². The molecule has 16 heavy (non-hydrogen) atoms. The molecule has 1 aromatic carbocycles. The molecule has 0 saturated heterocycles. The van der Waals surface area contributed by atoms with Gasteiger partial charge in [0.15, 0.2) is 0 Å². The van der Waals surface area contributed by atoms with Gasteiger partial charge in [-0.3, -0.25) is 0 Å². The molecule has 0 aliphatic heterocycles. The molecule has 0 saturated carbocycles. The molecule has 82 valence electrons. The second-order valence-electron chi connectivity index (χ2n) is 3.30. The van der Waals surface area contributed by atoms with E-state index in [1.165, 1.54) is 0 Å². The molecule has 0 fully saturated rings. The first kappa shape index (κ1) is 10.3. The maximum Gasteiger partial charge on any atom is 0.142 e. The van der Waals surface area contributed by atoms with E-state index in [0.29, 0.717) is 5.69 Å². The van der Waals surface area contributed by atoms with Crippen LogP contribution < -0.4 is 15.8 Å². The molecular weight excluding hydrogens is 202 g/mol. The van der Waals surface area contributed by atoms with Crippen molar-refractivity contribution in [2.75, 3.05) is 18.2 Å². The molecule has 0 aliphatic rings. The van der Waals surface area contributed by atoms with E-state index in [9.17, 15) is 0 Å². The number of pyridine rings is 1. The Morgan fingerprint density at radius 3 is 2.69 bits per heavy atom. The second kappa shape index (κ2) is 4.53. The Bertz CT molecular complexity index is 468. The summed E-state index contributed by atoms with van der Waals surface area (Å²) in [6.07, 6.45) is 1.61. The number of ether oxygens (including phenoxy) is 1. The average molecular weight is 215 g/mol. The Morgan fingerprint density at radius 1 is 1.19 bits per heavy atom. The molecule has 0 spiro atoms. The lowest BCUT2D eigenvalue weighted by molar-refractivity contribution is 0.417. The fourth-order valence-corrected chi connectivity index (χ4v) is 1.37. The smallest absolute Gasteiger partial charge is 0.142 e. The number of rotatable bonds is 3. The van der Waals surface area contributed by atoms with E-state index in [0.717, 1.165) is 17.3 Å². The normalized spacial score (nSPS) is 9.81. The number of nitrogens with zero attached hydrogens (tertiary/aromatic N) is 1. The minimum Gasteiger partial charge on any atom is -0.495 e. The number of para-hydroxylation sites is 2. The van der Waals surface area contributed by atoms with Gasteiger partial charge in [0.05, 0.1) is 24.7 Å². The Morgan fingerprint density at radius 2 is 2.00 bits per heavy atom. The number of benzene rings is 1. The van der Waals surface area contributed by atoms with Gasteiger partial charge in [0, 0.05) is 0 Å². The summed E-state index contributed by atoms with van der Waals surface area (Å²) in [5.41, 5.74) is 7.08. The predicted molar refractivity (Wildman–Crippen MR) is 64.9 cm³/mol. The van der Waals surface area contributed by atoms with E-state index >= 15 is 0 Å². The summed E-state index contributed by atoms with van der Waals surface area (Å²) in [6.45, 7) is 0. The molecule has 4 nitrogen and oxygen atoms in total. The van der Waals surface area contributed by atoms with Gasteiger partial charge in [0.1, 0.15) is 11.6 Å². The number of hydrogen-bond donors (Lipinski definition) is 2. The lowest BCUT2D eigenvalue weighted by Gasteiger charge is -2.09. The van der Waals surface area contributed by atoms with E-state index < -0.39 is 0 Å². The second-order valence-corrected chi connectivity index (χ2v) is 3.30. The van der Waals surface area contributed by atoms with Crippen LogP contribution in [0.3, 0.4) is 0 Å². The fourth-order valence-electron chi connectivity index (χ4n) is 1.37. The summed E-state index contributed by atoms with van der Waals surface area (Å²) in [4.78, 5) is 4.16. The lowest BCUT2D eigenvalue weighted by atomic mass is 10.3. The van der Waals surface area contributed by atoms with Crippen molar-refractivity contribution in [1.29, 1.82) is 0 Å². The van der Waals surface area contributed by atoms with Crippen LogP contribution in [-0.2, 0) is 0 Å². The van der Waals surface area contributed by atoms with E-state index in [4.69, 9.17) is 10.5 Å². The van der Waals surface area contributed by atoms with Crippen molar-refractivity contribution in [3.05, 3.63) is 42.6 Å². The molecule has 0 atom stereocenters. The van der Waals surface area contributed by atoms with Gasteiger partial charge in [-0.1, -0.05) is 12.1 Å². The van der Waals surface area contributed by atoms with Gasteiger partial charge in [-0.2, -0.15) is 0 Å². The Labute approximate surface area is 94.1 Å². The summed E-state index contributed by atoms with van der Waals surface area (Å²) in [5, 5.41) is 3.16. The van der Waals surface area contributed by atoms with Gasteiger partial charge in [-0.15, -0.1) is 0 Å². The number of anilines is 3. The summed E-state index contributed by atoms with van der Waals surface area (Å²) in [6, 6.07) is 11.3. The van der Waals surface area contributed by atoms with E-state index in [-0.39, 0.29) is 0 Å². The van der Waals surface area contributed by atoms with E-state index in [1.807, 2.05) is 30.3 Å². The highest BCUT2D eigenvalue weighted by Gasteiger charge is 2.01. The topological polar surface area (TPSA) is 60.2 Å². The Kier molecular flexibility index (Phi) is 2.91. The van der Waals surface area contributed by atoms with Gasteiger partial charge in [0.2, 0.25) is 0 Å². The van der Waals surface area contributed by atoms with Crippen LogP contribution in [0.25, 0.3) is 0 Å². The van der Waals surface area contributed by atoms with Crippen molar-refractivity contribution in [1.82, 2.24) is 4.98 Å².